The van der Waals surface area contributed by atoms with Gasteiger partial charge in [-0.15, -0.1) is 0 Å². The molecule has 15 nitrogen and oxygen atoms in total. The van der Waals surface area contributed by atoms with Crippen LogP contribution in [0.25, 0.3) is 0 Å². The van der Waals surface area contributed by atoms with Crippen molar-refractivity contribution in [3.63, 3.8) is 0 Å². The standard InChI is InChI=1S/C10H17N3O6S.C8H16N2O4S2/c11-5(10(18)19)1-2-7(14)13-6(4-20)9(17)12-3-8(15)16;9-5(7(11)12)1-3-15-16-4-2-6(10)8(13)14/h5-6,20H,1-4,11H2,(H,12,17)(H,13,14)(H,15,16)(H,18,19);5-6H,1-4,9-10H2,(H,11,12)(H,13,14)/t2*5-,6-/m00/s1. The number of aliphatic carboxylic acids is 4. The Hall–Kier alpha value is -2.25. The summed E-state index contributed by atoms with van der Waals surface area (Å²) in [5.41, 5.74) is 15.8. The number of nitrogens with one attached hydrogen (secondary N) is 2. The Morgan fingerprint density at radius 2 is 1.17 bits per heavy atom. The molecule has 12 N–H and O–H groups in total. The Bertz CT molecular complexity index is 722. The van der Waals surface area contributed by atoms with Gasteiger partial charge in [-0.25, -0.2) is 0 Å². The lowest BCUT2D eigenvalue weighted by molar-refractivity contribution is -0.139. The lowest BCUT2D eigenvalue weighted by Crippen LogP contribution is -2.49. The smallest absolute Gasteiger partial charge is 0.322 e. The Morgan fingerprint density at radius 3 is 1.53 bits per heavy atom. The van der Waals surface area contributed by atoms with E-state index in [1.165, 1.54) is 21.6 Å². The molecule has 0 rings (SSSR count). The van der Waals surface area contributed by atoms with Crippen LogP contribution in [0.4, 0.5) is 0 Å². The maximum absolute atomic E-state index is 11.5. The second kappa shape index (κ2) is 20.9. The molecule has 0 aromatic carbocycles. The van der Waals surface area contributed by atoms with Crippen LogP contribution in [0, 0.1) is 0 Å². The van der Waals surface area contributed by atoms with Crippen molar-refractivity contribution in [3.05, 3.63) is 0 Å². The molecule has 2 amide bonds. The van der Waals surface area contributed by atoms with Crippen LogP contribution in [0.1, 0.15) is 25.7 Å². The molecule has 0 bridgehead atoms. The molecule has 0 heterocycles. The topological polar surface area (TPSA) is 285 Å². The van der Waals surface area contributed by atoms with Crippen LogP contribution >= 0.6 is 34.2 Å². The zero-order valence-electron chi connectivity index (χ0n) is 19.2. The number of carboxylic acids is 4. The largest absolute Gasteiger partial charge is 0.480 e. The molecule has 0 radical (unpaired) electrons. The molecule has 4 atom stereocenters. The molecule has 0 saturated heterocycles. The Labute approximate surface area is 220 Å². The van der Waals surface area contributed by atoms with E-state index < -0.39 is 66.4 Å². The van der Waals surface area contributed by atoms with Crippen molar-refractivity contribution in [2.45, 2.75) is 49.9 Å². The molecule has 0 aromatic rings. The number of hydrogen-bond donors (Lipinski definition) is 10. The van der Waals surface area contributed by atoms with Crippen molar-refractivity contribution in [2.24, 2.45) is 17.2 Å². The zero-order valence-corrected chi connectivity index (χ0v) is 21.7. The molecule has 0 aliphatic heterocycles. The quantitative estimate of drug-likeness (QED) is 0.0470. The van der Waals surface area contributed by atoms with Gasteiger partial charge in [0.1, 0.15) is 30.7 Å². The third-order valence-corrected chi connectivity index (χ3v) is 6.83. The Kier molecular flexibility index (Phi) is 20.8. The molecule has 18 heteroatoms. The van der Waals surface area contributed by atoms with Crippen molar-refractivity contribution in [1.82, 2.24) is 10.6 Å². The number of carbonyl (C=O) groups excluding carboxylic acids is 2. The van der Waals surface area contributed by atoms with Gasteiger partial charge in [0.15, 0.2) is 0 Å². The summed E-state index contributed by atoms with van der Waals surface area (Å²) in [7, 11) is 2.96. The van der Waals surface area contributed by atoms with Crippen molar-refractivity contribution in [2.75, 3.05) is 23.8 Å². The van der Waals surface area contributed by atoms with Crippen LogP contribution in [-0.2, 0) is 28.8 Å². The van der Waals surface area contributed by atoms with Crippen LogP contribution in [0.5, 0.6) is 0 Å². The summed E-state index contributed by atoms with van der Waals surface area (Å²) in [5, 5.41) is 38.4. The lowest BCUT2D eigenvalue weighted by atomic mass is 10.1. The SMILES string of the molecule is N[C@@H](CCC(=O)N[C@@H](CS)C(=O)NCC(=O)O)C(=O)O.N[C@@H](CCSSCC[C@H](N)C(=O)O)C(=O)O. The van der Waals surface area contributed by atoms with Gasteiger partial charge in [-0.3, -0.25) is 28.8 Å². The molecule has 0 aliphatic carbocycles. The number of carbonyl (C=O) groups is 6. The molecule has 0 aromatic heterocycles. The van der Waals surface area contributed by atoms with E-state index in [2.05, 4.69) is 23.3 Å². The zero-order chi connectivity index (χ0) is 28.3. The van der Waals surface area contributed by atoms with Crippen molar-refractivity contribution in [1.29, 1.82) is 0 Å². The second-order valence-corrected chi connectivity index (χ2v) is 10.1. The monoisotopic (exact) mass is 575 g/mol. The maximum Gasteiger partial charge on any atom is 0.322 e. The van der Waals surface area contributed by atoms with Crippen LogP contribution in [0.3, 0.4) is 0 Å². The third-order valence-electron chi connectivity index (χ3n) is 3.99. The van der Waals surface area contributed by atoms with Gasteiger partial charge in [0.25, 0.3) is 0 Å². The highest BCUT2D eigenvalue weighted by atomic mass is 33.1. The van der Waals surface area contributed by atoms with E-state index in [1.807, 2.05) is 0 Å². The average Bonchev–Trinajstić information content (AvgIpc) is 2.81. The fourth-order valence-electron chi connectivity index (χ4n) is 1.87. The van der Waals surface area contributed by atoms with Gasteiger partial charge in [-0.05, 0) is 19.3 Å². The van der Waals surface area contributed by atoms with E-state index in [4.69, 9.17) is 37.6 Å². The summed E-state index contributed by atoms with van der Waals surface area (Å²) < 4.78 is 0. The summed E-state index contributed by atoms with van der Waals surface area (Å²) in [5.74, 6) is -4.46. The third kappa shape index (κ3) is 20.0. The number of thiol groups is 1. The number of rotatable bonds is 18. The average molecular weight is 576 g/mol. The first kappa shape index (κ1) is 35.9. The van der Waals surface area contributed by atoms with Gasteiger partial charge in [-0.1, -0.05) is 21.6 Å². The predicted molar refractivity (Wildman–Crippen MR) is 137 cm³/mol. The van der Waals surface area contributed by atoms with Crippen molar-refractivity contribution in [3.8, 4) is 0 Å². The fraction of sp³-hybridized carbons (Fsp3) is 0.667. The van der Waals surface area contributed by atoms with E-state index in [1.54, 1.807) is 0 Å². The van der Waals surface area contributed by atoms with Gasteiger partial charge < -0.3 is 48.3 Å². The Balaban J connectivity index is 0. The van der Waals surface area contributed by atoms with E-state index in [9.17, 15) is 28.8 Å². The van der Waals surface area contributed by atoms with Crippen molar-refractivity contribution >= 4 is 69.9 Å². The van der Waals surface area contributed by atoms with E-state index in [-0.39, 0.29) is 18.6 Å². The highest BCUT2D eigenvalue weighted by Crippen LogP contribution is 2.23. The minimum atomic E-state index is -1.22. The van der Waals surface area contributed by atoms with Gasteiger partial charge in [0.05, 0.1) is 0 Å². The molecule has 208 valence electrons. The minimum absolute atomic E-state index is 0.0256. The van der Waals surface area contributed by atoms with Gasteiger partial charge in [0, 0.05) is 23.7 Å². The van der Waals surface area contributed by atoms with E-state index >= 15 is 0 Å². The normalized spacial score (nSPS) is 13.7. The minimum Gasteiger partial charge on any atom is -0.480 e. The molecule has 0 unspecified atom stereocenters. The molecule has 0 fully saturated rings. The maximum atomic E-state index is 11.5. The molecule has 0 spiro atoms. The Morgan fingerprint density at radius 1 is 0.750 bits per heavy atom. The molecular formula is C18H33N5O10S3. The first-order valence-electron chi connectivity index (χ1n) is 10.3. The molecular weight excluding hydrogens is 542 g/mol. The van der Waals surface area contributed by atoms with E-state index in [0.29, 0.717) is 24.3 Å². The second-order valence-electron chi connectivity index (χ2n) is 7.01. The summed E-state index contributed by atoms with van der Waals surface area (Å²) in [6.07, 6.45) is 0.567. The summed E-state index contributed by atoms with van der Waals surface area (Å²) in [6, 6.07) is -3.80. The molecule has 36 heavy (non-hydrogen) atoms. The summed E-state index contributed by atoms with van der Waals surface area (Å²) in [6.45, 7) is -0.567. The van der Waals surface area contributed by atoms with Gasteiger partial charge in [-0.2, -0.15) is 12.6 Å². The summed E-state index contributed by atoms with van der Waals surface area (Å²) in [4.78, 5) is 64.5. The highest BCUT2D eigenvalue weighted by molar-refractivity contribution is 8.76. The highest BCUT2D eigenvalue weighted by Gasteiger charge is 2.21. The summed E-state index contributed by atoms with van der Waals surface area (Å²) >= 11 is 3.87. The van der Waals surface area contributed by atoms with Crippen LogP contribution in [-0.4, -0.2) is 104 Å². The number of hydrogen-bond acceptors (Lipinski definition) is 12. The molecule has 0 aliphatic rings. The number of amides is 2. The first-order chi connectivity index (χ1) is 16.7. The first-order valence-corrected chi connectivity index (χ1v) is 13.4. The van der Waals surface area contributed by atoms with E-state index in [0.717, 1.165) is 0 Å². The lowest BCUT2D eigenvalue weighted by Gasteiger charge is -2.16. The van der Waals surface area contributed by atoms with Gasteiger partial charge >= 0.3 is 23.9 Å². The molecule has 0 saturated carbocycles. The van der Waals surface area contributed by atoms with Gasteiger partial charge in [0.2, 0.25) is 11.8 Å². The van der Waals surface area contributed by atoms with Crippen LogP contribution in [0.15, 0.2) is 0 Å². The van der Waals surface area contributed by atoms with Crippen LogP contribution < -0.4 is 27.8 Å². The number of carboxylic acid groups (broad SMARTS) is 4. The fourth-order valence-corrected chi connectivity index (χ4v) is 4.35. The van der Waals surface area contributed by atoms with Crippen LogP contribution in [0.2, 0.25) is 0 Å². The number of nitrogens with two attached hydrogens (primary N) is 3. The van der Waals surface area contributed by atoms with Crippen molar-refractivity contribution < 1.29 is 49.2 Å². The predicted octanol–water partition coefficient (Wildman–Crippen LogP) is -2.23.